The summed E-state index contributed by atoms with van der Waals surface area (Å²) in [6.07, 6.45) is 0.606. The van der Waals surface area contributed by atoms with Crippen LogP contribution >= 0.6 is 0 Å². The van der Waals surface area contributed by atoms with E-state index in [1.165, 1.54) is 7.11 Å². The number of carbonyl (C=O) groups excluding carboxylic acids is 1. The second-order valence-electron chi connectivity index (χ2n) is 3.65. The molecule has 1 aromatic carbocycles. The second kappa shape index (κ2) is 3.90. The molecule has 4 heteroatoms. The lowest BCUT2D eigenvalue weighted by Gasteiger charge is -2.25. The molecule has 15 heavy (non-hydrogen) atoms. The van der Waals surface area contributed by atoms with E-state index in [-0.39, 0.29) is 12.0 Å². The summed E-state index contributed by atoms with van der Waals surface area (Å²) in [5, 5.41) is 3.12. The van der Waals surface area contributed by atoms with Gasteiger partial charge in [-0.25, -0.2) is 0 Å². The fourth-order valence-electron chi connectivity index (χ4n) is 1.89. The Morgan fingerprint density at radius 3 is 3.13 bits per heavy atom. The molecule has 0 amide bonds. The summed E-state index contributed by atoms with van der Waals surface area (Å²) < 4.78 is 4.70. The molecule has 0 saturated carbocycles. The number of rotatable bonds is 1. The predicted molar refractivity (Wildman–Crippen MR) is 57.2 cm³/mol. The third kappa shape index (κ3) is 1.80. The standard InChI is InChI=1S/C11H14N2O2/c1-15-11(14)10-5-8-7(6-13-10)3-2-4-9(8)12/h2-4,10,13H,5-6,12H2,1H3/t10-/m0/s1. The molecule has 80 valence electrons. The second-order valence-corrected chi connectivity index (χ2v) is 3.65. The van der Waals surface area contributed by atoms with Gasteiger partial charge in [0.15, 0.2) is 0 Å². The van der Waals surface area contributed by atoms with Crippen molar-refractivity contribution in [1.82, 2.24) is 5.32 Å². The highest BCUT2D eigenvalue weighted by Gasteiger charge is 2.25. The minimum Gasteiger partial charge on any atom is -0.468 e. The van der Waals surface area contributed by atoms with E-state index in [0.717, 1.165) is 16.8 Å². The highest BCUT2D eigenvalue weighted by atomic mass is 16.5. The molecule has 0 aromatic heterocycles. The molecule has 1 heterocycles. The average Bonchev–Trinajstić information content (AvgIpc) is 2.28. The molecule has 0 unspecified atom stereocenters. The maximum atomic E-state index is 11.4. The zero-order chi connectivity index (χ0) is 10.8. The molecule has 1 aliphatic rings. The van der Waals surface area contributed by atoms with Gasteiger partial charge in [-0.2, -0.15) is 0 Å². The third-order valence-corrected chi connectivity index (χ3v) is 2.74. The summed E-state index contributed by atoms with van der Waals surface area (Å²) in [5.74, 6) is -0.232. The van der Waals surface area contributed by atoms with Crippen molar-refractivity contribution in [3.63, 3.8) is 0 Å². The van der Waals surface area contributed by atoms with E-state index in [9.17, 15) is 4.79 Å². The van der Waals surface area contributed by atoms with Crippen molar-refractivity contribution in [3.05, 3.63) is 29.3 Å². The third-order valence-electron chi connectivity index (χ3n) is 2.74. The van der Waals surface area contributed by atoms with E-state index in [1.54, 1.807) is 0 Å². The fraction of sp³-hybridized carbons (Fsp3) is 0.364. The smallest absolute Gasteiger partial charge is 0.323 e. The summed E-state index contributed by atoms with van der Waals surface area (Å²) in [4.78, 5) is 11.4. The van der Waals surface area contributed by atoms with Crippen LogP contribution in [-0.4, -0.2) is 19.1 Å². The molecule has 0 fully saturated rings. The number of ether oxygens (including phenoxy) is 1. The maximum Gasteiger partial charge on any atom is 0.323 e. The van der Waals surface area contributed by atoms with Crippen molar-refractivity contribution in [2.24, 2.45) is 0 Å². The molecule has 2 rings (SSSR count). The van der Waals surface area contributed by atoms with E-state index in [4.69, 9.17) is 10.5 Å². The van der Waals surface area contributed by atoms with E-state index in [1.807, 2.05) is 18.2 Å². The molecular weight excluding hydrogens is 192 g/mol. The Hall–Kier alpha value is -1.55. The topological polar surface area (TPSA) is 64.3 Å². The highest BCUT2D eigenvalue weighted by Crippen LogP contribution is 2.22. The molecule has 4 nitrogen and oxygen atoms in total. The number of fused-ring (bicyclic) bond motifs is 1. The predicted octanol–water partition coefficient (Wildman–Crippen LogP) is 0.456. The number of carbonyl (C=O) groups is 1. The first kappa shape index (κ1) is 9.98. The van der Waals surface area contributed by atoms with Crippen LogP contribution in [0.5, 0.6) is 0 Å². The molecule has 0 bridgehead atoms. The van der Waals surface area contributed by atoms with Gasteiger partial charge < -0.3 is 15.8 Å². The summed E-state index contributed by atoms with van der Waals surface area (Å²) in [5.41, 5.74) is 8.84. The number of nitrogens with two attached hydrogens (primary N) is 1. The normalized spacial score (nSPS) is 19.4. The first-order valence-corrected chi connectivity index (χ1v) is 4.90. The van der Waals surface area contributed by atoms with E-state index in [0.29, 0.717) is 13.0 Å². The fourth-order valence-corrected chi connectivity index (χ4v) is 1.89. The summed E-state index contributed by atoms with van der Waals surface area (Å²) in [7, 11) is 1.40. The minimum absolute atomic E-state index is 0.232. The summed E-state index contributed by atoms with van der Waals surface area (Å²) >= 11 is 0. The number of anilines is 1. The van der Waals surface area contributed by atoms with Crippen LogP contribution < -0.4 is 11.1 Å². The van der Waals surface area contributed by atoms with Crippen molar-refractivity contribution >= 4 is 11.7 Å². The Morgan fingerprint density at radius 1 is 1.60 bits per heavy atom. The van der Waals surface area contributed by atoms with Gasteiger partial charge in [-0.15, -0.1) is 0 Å². The number of hydrogen-bond acceptors (Lipinski definition) is 4. The van der Waals surface area contributed by atoms with E-state index < -0.39 is 0 Å². The molecular formula is C11H14N2O2. The van der Waals surface area contributed by atoms with Crippen LogP contribution in [0.3, 0.4) is 0 Å². The van der Waals surface area contributed by atoms with Crippen LogP contribution in [0.25, 0.3) is 0 Å². The van der Waals surface area contributed by atoms with E-state index >= 15 is 0 Å². The van der Waals surface area contributed by atoms with Crippen molar-refractivity contribution in [3.8, 4) is 0 Å². The Morgan fingerprint density at radius 2 is 2.40 bits per heavy atom. The molecule has 0 spiro atoms. The van der Waals surface area contributed by atoms with Crippen molar-refractivity contribution < 1.29 is 9.53 Å². The van der Waals surface area contributed by atoms with Gasteiger partial charge in [0.1, 0.15) is 6.04 Å². The van der Waals surface area contributed by atoms with Crippen LogP contribution in [0.15, 0.2) is 18.2 Å². The Kier molecular flexibility index (Phi) is 2.60. The first-order chi connectivity index (χ1) is 7.22. The Bertz CT molecular complexity index is 390. The van der Waals surface area contributed by atoms with Gasteiger partial charge in [0.05, 0.1) is 7.11 Å². The molecule has 0 aliphatic carbocycles. The summed E-state index contributed by atoms with van der Waals surface area (Å²) in [6, 6.07) is 5.53. The van der Waals surface area contributed by atoms with Gasteiger partial charge in [0.2, 0.25) is 0 Å². The van der Waals surface area contributed by atoms with Gasteiger partial charge in [-0.1, -0.05) is 12.1 Å². The number of benzene rings is 1. The van der Waals surface area contributed by atoms with Crippen molar-refractivity contribution in [1.29, 1.82) is 0 Å². The molecule has 0 saturated heterocycles. The van der Waals surface area contributed by atoms with Crippen LogP contribution in [0.4, 0.5) is 5.69 Å². The summed E-state index contributed by atoms with van der Waals surface area (Å²) in [6.45, 7) is 0.667. The number of hydrogen-bond donors (Lipinski definition) is 2. The van der Waals surface area contributed by atoms with Crippen LogP contribution in [0.1, 0.15) is 11.1 Å². The molecule has 3 N–H and O–H groups in total. The monoisotopic (exact) mass is 206 g/mol. The lowest BCUT2D eigenvalue weighted by atomic mass is 9.94. The zero-order valence-electron chi connectivity index (χ0n) is 8.62. The van der Waals surface area contributed by atoms with Gasteiger partial charge in [0.25, 0.3) is 0 Å². The van der Waals surface area contributed by atoms with Crippen molar-refractivity contribution in [2.45, 2.75) is 19.0 Å². The van der Waals surface area contributed by atoms with E-state index in [2.05, 4.69) is 5.32 Å². The Balaban J connectivity index is 2.26. The average molecular weight is 206 g/mol. The molecule has 1 aromatic rings. The van der Waals surface area contributed by atoms with Crippen LogP contribution in [0, 0.1) is 0 Å². The lowest BCUT2D eigenvalue weighted by molar-refractivity contribution is -0.143. The molecule has 0 radical (unpaired) electrons. The maximum absolute atomic E-state index is 11.4. The van der Waals surface area contributed by atoms with Gasteiger partial charge in [-0.05, 0) is 17.2 Å². The van der Waals surface area contributed by atoms with Gasteiger partial charge >= 0.3 is 5.97 Å². The Labute approximate surface area is 88.4 Å². The van der Waals surface area contributed by atoms with Crippen LogP contribution in [-0.2, 0) is 22.5 Å². The first-order valence-electron chi connectivity index (χ1n) is 4.90. The SMILES string of the molecule is COC(=O)[C@@H]1Cc2c(N)cccc2CN1. The number of methoxy groups -OCH3 is 1. The molecule has 1 aliphatic heterocycles. The largest absolute Gasteiger partial charge is 0.468 e. The van der Waals surface area contributed by atoms with Gasteiger partial charge in [-0.3, -0.25) is 4.79 Å². The number of nitrogens with one attached hydrogen (secondary N) is 1. The zero-order valence-corrected chi connectivity index (χ0v) is 8.62. The van der Waals surface area contributed by atoms with Crippen molar-refractivity contribution in [2.75, 3.05) is 12.8 Å². The lowest BCUT2D eigenvalue weighted by Crippen LogP contribution is -2.42. The minimum atomic E-state index is -0.271. The highest BCUT2D eigenvalue weighted by molar-refractivity contribution is 5.77. The number of nitrogen functional groups attached to an aromatic ring is 1. The quantitative estimate of drug-likeness (QED) is 0.517. The van der Waals surface area contributed by atoms with Gasteiger partial charge in [0, 0.05) is 18.7 Å². The molecule has 1 atom stereocenters. The van der Waals surface area contributed by atoms with Crippen LogP contribution in [0.2, 0.25) is 0 Å². The number of esters is 1.